The standard InChI is InChI=1S/C11H11N3O/c1-8-5-13-10(7-12-8)9-3-4-11(15-2)14-6-9/h3-7H,1-2H3. The highest BCUT2D eigenvalue weighted by Crippen LogP contribution is 2.16. The number of rotatable bonds is 2. The van der Waals surface area contributed by atoms with Gasteiger partial charge in [0.25, 0.3) is 0 Å². The minimum absolute atomic E-state index is 0.596. The van der Waals surface area contributed by atoms with Crippen molar-refractivity contribution in [1.82, 2.24) is 15.0 Å². The maximum Gasteiger partial charge on any atom is 0.212 e. The minimum atomic E-state index is 0.596. The predicted octanol–water partition coefficient (Wildman–Crippen LogP) is 1.86. The van der Waals surface area contributed by atoms with Gasteiger partial charge in [-0.3, -0.25) is 9.97 Å². The van der Waals surface area contributed by atoms with Gasteiger partial charge >= 0.3 is 0 Å². The average Bonchev–Trinajstić information content (AvgIpc) is 2.30. The van der Waals surface area contributed by atoms with Gasteiger partial charge in [-0.15, -0.1) is 0 Å². The fourth-order valence-electron chi connectivity index (χ4n) is 1.19. The first-order chi connectivity index (χ1) is 7.29. The molecule has 0 aromatic carbocycles. The van der Waals surface area contributed by atoms with Gasteiger partial charge in [0, 0.05) is 24.0 Å². The minimum Gasteiger partial charge on any atom is -0.481 e. The van der Waals surface area contributed by atoms with Crippen LogP contribution in [0.3, 0.4) is 0 Å². The second-order valence-electron chi connectivity index (χ2n) is 3.13. The van der Waals surface area contributed by atoms with E-state index in [-0.39, 0.29) is 0 Å². The van der Waals surface area contributed by atoms with Gasteiger partial charge < -0.3 is 4.74 Å². The molecule has 0 N–H and O–H groups in total. The van der Waals surface area contributed by atoms with Gasteiger partial charge in [0.1, 0.15) is 0 Å². The normalized spacial score (nSPS) is 10.0. The lowest BCUT2D eigenvalue weighted by Gasteiger charge is -2.01. The molecular formula is C11H11N3O. The van der Waals surface area contributed by atoms with E-state index < -0.39 is 0 Å². The third kappa shape index (κ3) is 2.10. The van der Waals surface area contributed by atoms with E-state index in [0.29, 0.717) is 5.88 Å². The molecule has 0 amide bonds. The lowest BCUT2D eigenvalue weighted by atomic mass is 10.2. The van der Waals surface area contributed by atoms with E-state index in [9.17, 15) is 0 Å². The Hall–Kier alpha value is -1.97. The Morgan fingerprint density at radius 3 is 2.40 bits per heavy atom. The fourth-order valence-corrected chi connectivity index (χ4v) is 1.19. The molecule has 0 radical (unpaired) electrons. The number of nitrogens with zero attached hydrogens (tertiary/aromatic N) is 3. The van der Waals surface area contributed by atoms with Crippen molar-refractivity contribution in [2.24, 2.45) is 0 Å². The van der Waals surface area contributed by atoms with Crippen LogP contribution >= 0.6 is 0 Å². The highest BCUT2D eigenvalue weighted by atomic mass is 16.5. The Labute approximate surface area is 88.0 Å². The number of aromatic nitrogens is 3. The summed E-state index contributed by atoms with van der Waals surface area (Å²) < 4.78 is 4.98. The number of methoxy groups -OCH3 is 1. The molecule has 2 aromatic rings. The van der Waals surface area contributed by atoms with E-state index in [4.69, 9.17) is 4.74 Å². The Morgan fingerprint density at radius 1 is 1.00 bits per heavy atom. The molecule has 0 saturated carbocycles. The van der Waals surface area contributed by atoms with Crippen molar-refractivity contribution in [3.05, 3.63) is 36.4 Å². The summed E-state index contributed by atoms with van der Waals surface area (Å²) in [5.41, 5.74) is 2.65. The Kier molecular flexibility index (Phi) is 2.58. The second-order valence-corrected chi connectivity index (χ2v) is 3.13. The second kappa shape index (κ2) is 4.04. The molecule has 2 aromatic heterocycles. The van der Waals surface area contributed by atoms with Crippen LogP contribution in [0.1, 0.15) is 5.69 Å². The highest BCUT2D eigenvalue weighted by Gasteiger charge is 2.00. The van der Waals surface area contributed by atoms with Crippen LogP contribution in [0.5, 0.6) is 5.88 Å². The van der Waals surface area contributed by atoms with Crippen LogP contribution < -0.4 is 4.74 Å². The molecule has 2 rings (SSSR count). The van der Waals surface area contributed by atoms with Gasteiger partial charge in [-0.25, -0.2) is 4.98 Å². The van der Waals surface area contributed by atoms with Crippen molar-refractivity contribution in [2.75, 3.05) is 7.11 Å². The largest absolute Gasteiger partial charge is 0.481 e. The molecule has 0 aliphatic rings. The predicted molar refractivity (Wildman–Crippen MR) is 56.6 cm³/mol. The summed E-state index contributed by atoms with van der Waals surface area (Å²) in [5.74, 6) is 0.596. The number of pyridine rings is 1. The molecule has 0 bridgehead atoms. The first kappa shape index (κ1) is 9.58. The van der Waals surface area contributed by atoms with Crippen LogP contribution in [0.15, 0.2) is 30.7 Å². The van der Waals surface area contributed by atoms with Gasteiger partial charge in [-0.05, 0) is 13.0 Å². The van der Waals surface area contributed by atoms with E-state index >= 15 is 0 Å². The number of hydrogen-bond acceptors (Lipinski definition) is 4. The molecule has 4 nitrogen and oxygen atoms in total. The summed E-state index contributed by atoms with van der Waals surface area (Å²) >= 11 is 0. The zero-order chi connectivity index (χ0) is 10.7. The molecule has 0 atom stereocenters. The van der Waals surface area contributed by atoms with Gasteiger partial charge in [0.05, 0.1) is 24.7 Å². The average molecular weight is 201 g/mol. The first-order valence-electron chi connectivity index (χ1n) is 4.58. The van der Waals surface area contributed by atoms with Crippen molar-refractivity contribution >= 4 is 0 Å². The van der Waals surface area contributed by atoms with Crippen LogP contribution in [-0.4, -0.2) is 22.1 Å². The van der Waals surface area contributed by atoms with Crippen LogP contribution in [0.25, 0.3) is 11.3 Å². The molecule has 0 unspecified atom stereocenters. The molecule has 0 saturated heterocycles. The molecule has 0 aliphatic heterocycles. The van der Waals surface area contributed by atoms with Gasteiger partial charge in [-0.1, -0.05) is 0 Å². The molecule has 4 heteroatoms. The molecule has 0 spiro atoms. The first-order valence-corrected chi connectivity index (χ1v) is 4.58. The van der Waals surface area contributed by atoms with Crippen LogP contribution in [-0.2, 0) is 0 Å². The van der Waals surface area contributed by atoms with E-state index in [2.05, 4.69) is 15.0 Å². The fraction of sp³-hybridized carbons (Fsp3) is 0.182. The molecular weight excluding hydrogens is 190 g/mol. The molecule has 2 heterocycles. The summed E-state index contributed by atoms with van der Waals surface area (Å²) in [6, 6.07) is 3.71. The summed E-state index contributed by atoms with van der Waals surface area (Å²) in [5, 5.41) is 0. The van der Waals surface area contributed by atoms with Gasteiger partial charge in [0.15, 0.2) is 0 Å². The van der Waals surface area contributed by atoms with Crippen LogP contribution in [0.2, 0.25) is 0 Å². The lowest BCUT2D eigenvalue weighted by molar-refractivity contribution is 0.398. The Bertz CT molecular complexity index is 436. The number of ether oxygens (including phenoxy) is 1. The van der Waals surface area contributed by atoms with Gasteiger partial charge in [-0.2, -0.15) is 0 Å². The van der Waals surface area contributed by atoms with E-state index in [1.54, 1.807) is 31.8 Å². The third-order valence-electron chi connectivity index (χ3n) is 2.02. The van der Waals surface area contributed by atoms with Crippen molar-refractivity contribution < 1.29 is 4.74 Å². The van der Waals surface area contributed by atoms with Crippen LogP contribution in [0, 0.1) is 6.92 Å². The SMILES string of the molecule is COc1ccc(-c2cnc(C)cn2)cn1. The van der Waals surface area contributed by atoms with Crippen molar-refractivity contribution in [3.63, 3.8) is 0 Å². The van der Waals surface area contributed by atoms with E-state index in [0.717, 1.165) is 17.0 Å². The quantitative estimate of drug-likeness (QED) is 0.744. The summed E-state index contributed by atoms with van der Waals surface area (Å²) in [4.78, 5) is 12.5. The lowest BCUT2D eigenvalue weighted by Crippen LogP contribution is -1.90. The maximum atomic E-state index is 4.98. The number of aryl methyl sites for hydroxylation is 1. The molecule has 0 fully saturated rings. The van der Waals surface area contributed by atoms with Crippen molar-refractivity contribution in [3.8, 4) is 17.1 Å². The molecule has 15 heavy (non-hydrogen) atoms. The Morgan fingerprint density at radius 2 is 1.87 bits per heavy atom. The summed E-state index contributed by atoms with van der Waals surface area (Å²) in [6.07, 6.45) is 5.19. The van der Waals surface area contributed by atoms with Crippen molar-refractivity contribution in [1.29, 1.82) is 0 Å². The summed E-state index contributed by atoms with van der Waals surface area (Å²) in [6.45, 7) is 1.91. The topological polar surface area (TPSA) is 47.9 Å². The van der Waals surface area contributed by atoms with E-state index in [1.165, 1.54) is 0 Å². The zero-order valence-corrected chi connectivity index (χ0v) is 8.64. The zero-order valence-electron chi connectivity index (χ0n) is 8.64. The third-order valence-corrected chi connectivity index (χ3v) is 2.02. The maximum absolute atomic E-state index is 4.98. The number of hydrogen-bond donors (Lipinski definition) is 0. The van der Waals surface area contributed by atoms with E-state index in [1.807, 2.05) is 13.0 Å². The van der Waals surface area contributed by atoms with Crippen molar-refractivity contribution in [2.45, 2.75) is 6.92 Å². The molecule has 76 valence electrons. The smallest absolute Gasteiger partial charge is 0.212 e. The molecule has 0 aliphatic carbocycles. The Balaban J connectivity index is 2.33. The van der Waals surface area contributed by atoms with Crippen LogP contribution in [0.4, 0.5) is 0 Å². The highest BCUT2D eigenvalue weighted by molar-refractivity contribution is 5.56. The summed E-state index contributed by atoms with van der Waals surface area (Å²) in [7, 11) is 1.59. The van der Waals surface area contributed by atoms with Gasteiger partial charge in [0.2, 0.25) is 5.88 Å². The monoisotopic (exact) mass is 201 g/mol.